The summed E-state index contributed by atoms with van der Waals surface area (Å²) in [5.41, 5.74) is 2.18. The highest BCUT2D eigenvalue weighted by atomic mass is 19.3. The van der Waals surface area contributed by atoms with Gasteiger partial charge in [0.1, 0.15) is 0 Å². The predicted molar refractivity (Wildman–Crippen MR) is 120 cm³/mol. The molecule has 35 heavy (non-hydrogen) atoms. The number of anilines is 2. The first-order valence-corrected chi connectivity index (χ1v) is 11.6. The van der Waals surface area contributed by atoms with Gasteiger partial charge >= 0.3 is 12.3 Å². The monoisotopic (exact) mass is 486 g/mol. The number of halogens is 2. The number of nitrogens with one attached hydrogen (secondary N) is 1. The maximum atomic E-state index is 13.4. The third kappa shape index (κ3) is 4.78. The van der Waals surface area contributed by atoms with Gasteiger partial charge in [0.05, 0.1) is 11.8 Å². The number of amides is 2. The van der Waals surface area contributed by atoms with Gasteiger partial charge in [0.2, 0.25) is 5.91 Å². The fourth-order valence-corrected chi connectivity index (χ4v) is 4.94. The molecule has 2 aromatic rings. The van der Waals surface area contributed by atoms with Crippen molar-refractivity contribution in [2.75, 3.05) is 23.4 Å². The Labute approximate surface area is 200 Å². The zero-order valence-corrected chi connectivity index (χ0v) is 18.8. The molecule has 1 N–H and O–H groups in total. The summed E-state index contributed by atoms with van der Waals surface area (Å²) in [4.78, 5) is 40.3. The first kappa shape index (κ1) is 23.1. The van der Waals surface area contributed by atoms with Crippen LogP contribution in [0.15, 0.2) is 42.5 Å². The molecule has 2 atom stereocenters. The van der Waals surface area contributed by atoms with Crippen molar-refractivity contribution in [3.63, 3.8) is 0 Å². The second kappa shape index (κ2) is 9.16. The van der Waals surface area contributed by atoms with Gasteiger partial charge in [-0.15, -0.1) is 8.78 Å². The van der Waals surface area contributed by atoms with E-state index in [9.17, 15) is 23.2 Å². The summed E-state index contributed by atoms with van der Waals surface area (Å²) >= 11 is 0. The van der Waals surface area contributed by atoms with Crippen molar-refractivity contribution in [1.29, 1.82) is 0 Å². The molecule has 2 heterocycles. The summed E-state index contributed by atoms with van der Waals surface area (Å²) in [6, 6.07) is 11.6. The van der Waals surface area contributed by atoms with Crippen LogP contribution in [0.4, 0.5) is 20.2 Å². The van der Waals surface area contributed by atoms with Crippen LogP contribution in [-0.2, 0) is 25.5 Å². The van der Waals surface area contributed by atoms with Crippen molar-refractivity contribution in [3.05, 3.63) is 48.0 Å². The number of esters is 1. The van der Waals surface area contributed by atoms with Gasteiger partial charge in [-0.25, -0.2) is 0 Å². The molecule has 0 spiro atoms. The summed E-state index contributed by atoms with van der Waals surface area (Å²) in [6.45, 7) is 0.0215. The molecule has 3 aliphatic rings. The molecule has 0 radical (unpaired) electrons. The lowest BCUT2D eigenvalue weighted by molar-refractivity contribution is -0.286. The van der Waals surface area contributed by atoms with E-state index in [0.29, 0.717) is 19.4 Å². The number of fused-ring (bicyclic) bond motifs is 2. The van der Waals surface area contributed by atoms with Crippen molar-refractivity contribution in [2.45, 2.75) is 38.4 Å². The lowest BCUT2D eigenvalue weighted by Gasteiger charge is -2.32. The smallest absolute Gasteiger partial charge is 0.455 e. The number of hydrogen-bond acceptors (Lipinski definition) is 6. The summed E-state index contributed by atoms with van der Waals surface area (Å²) in [6.07, 6.45) is -0.228. The molecular weight excluding hydrogens is 462 g/mol. The quantitative estimate of drug-likeness (QED) is 0.645. The number of nitrogens with zero attached hydrogens (tertiary/aromatic N) is 1. The molecule has 0 bridgehead atoms. The Kier molecular flexibility index (Phi) is 6.04. The van der Waals surface area contributed by atoms with Crippen LogP contribution in [-0.4, -0.2) is 37.2 Å². The van der Waals surface area contributed by atoms with Crippen molar-refractivity contribution >= 4 is 29.2 Å². The van der Waals surface area contributed by atoms with E-state index in [1.54, 1.807) is 4.90 Å². The summed E-state index contributed by atoms with van der Waals surface area (Å²) < 4.78 is 40.3. The van der Waals surface area contributed by atoms with E-state index in [2.05, 4.69) is 14.8 Å². The Morgan fingerprint density at radius 2 is 1.77 bits per heavy atom. The highest BCUT2D eigenvalue weighted by Crippen LogP contribution is 2.42. The third-order valence-electron chi connectivity index (χ3n) is 6.57. The Bertz CT molecular complexity index is 1170. The lowest BCUT2D eigenvalue weighted by Crippen LogP contribution is -2.42. The van der Waals surface area contributed by atoms with Gasteiger partial charge in [0.25, 0.3) is 5.91 Å². The molecular formula is C25H24F2N2O6. The minimum Gasteiger partial charge on any atom is -0.455 e. The van der Waals surface area contributed by atoms with Crippen molar-refractivity contribution in [2.24, 2.45) is 11.8 Å². The maximum Gasteiger partial charge on any atom is 0.586 e. The highest BCUT2D eigenvalue weighted by molar-refractivity contribution is 5.99. The fraction of sp³-hybridized carbons (Fsp3) is 0.400. The van der Waals surface area contributed by atoms with Crippen molar-refractivity contribution in [3.8, 4) is 11.5 Å². The van der Waals surface area contributed by atoms with E-state index in [1.807, 2.05) is 24.3 Å². The van der Waals surface area contributed by atoms with Crippen LogP contribution in [0.3, 0.4) is 0 Å². The van der Waals surface area contributed by atoms with E-state index in [-0.39, 0.29) is 23.1 Å². The molecule has 1 saturated carbocycles. The Hall–Kier alpha value is -3.69. The number of para-hydroxylation sites is 1. The molecule has 5 rings (SSSR count). The molecule has 2 amide bonds. The Balaban J connectivity index is 1.18. The first-order chi connectivity index (χ1) is 16.8. The van der Waals surface area contributed by atoms with Gasteiger partial charge in [0.15, 0.2) is 18.1 Å². The largest absolute Gasteiger partial charge is 0.586 e. The zero-order valence-electron chi connectivity index (χ0n) is 18.8. The standard InChI is InChI=1S/C25H24F2N2O6/c26-25(27)34-20-10-9-16(13-21(20)35-25)28-22(30)14-33-24(32)18-7-3-2-6-17(18)23(31)29-12-11-15-5-1-4-8-19(15)29/h1,4-5,8-10,13,17-18H,2-3,6-7,11-12,14H2,(H,28,30)/t17-,18+/m0/s1. The molecule has 2 aliphatic heterocycles. The molecule has 0 unspecified atom stereocenters. The summed E-state index contributed by atoms with van der Waals surface area (Å²) in [5, 5.41) is 2.48. The van der Waals surface area contributed by atoms with Crippen LogP contribution < -0.4 is 19.7 Å². The molecule has 10 heteroatoms. The van der Waals surface area contributed by atoms with Crippen LogP contribution in [0.5, 0.6) is 11.5 Å². The van der Waals surface area contributed by atoms with Crippen LogP contribution in [0.25, 0.3) is 0 Å². The van der Waals surface area contributed by atoms with Gasteiger partial charge in [-0.3, -0.25) is 14.4 Å². The molecule has 1 aliphatic carbocycles. The maximum absolute atomic E-state index is 13.4. The number of ether oxygens (including phenoxy) is 3. The van der Waals surface area contributed by atoms with Gasteiger partial charge in [0, 0.05) is 24.0 Å². The second-order valence-electron chi connectivity index (χ2n) is 8.85. The van der Waals surface area contributed by atoms with Crippen molar-refractivity contribution in [1.82, 2.24) is 0 Å². The minimum absolute atomic E-state index is 0.0850. The number of benzene rings is 2. The first-order valence-electron chi connectivity index (χ1n) is 11.6. The van der Waals surface area contributed by atoms with Crippen molar-refractivity contribution < 1.29 is 37.4 Å². The molecule has 184 valence electrons. The molecule has 8 nitrogen and oxygen atoms in total. The average molecular weight is 486 g/mol. The van der Waals surface area contributed by atoms with Crippen LogP contribution in [0.2, 0.25) is 0 Å². The Morgan fingerprint density at radius 3 is 2.60 bits per heavy atom. The highest BCUT2D eigenvalue weighted by Gasteiger charge is 2.43. The summed E-state index contributed by atoms with van der Waals surface area (Å²) in [5.74, 6) is -2.79. The SMILES string of the molecule is O=C(COC(=O)[C@@H]1CCCC[C@@H]1C(=O)N1CCc2ccccc21)Nc1ccc2c(c1)OC(F)(F)O2. The number of carbonyl (C=O) groups excluding carboxylic acids is 3. The van der Waals surface area contributed by atoms with Crippen LogP contribution in [0.1, 0.15) is 31.2 Å². The lowest BCUT2D eigenvalue weighted by atomic mass is 9.78. The van der Waals surface area contributed by atoms with Gasteiger partial charge in [-0.05, 0) is 43.0 Å². The number of rotatable bonds is 5. The predicted octanol–water partition coefficient (Wildman–Crippen LogP) is 3.89. The van der Waals surface area contributed by atoms with E-state index < -0.39 is 36.6 Å². The normalized spacial score (nSPS) is 21.8. The minimum atomic E-state index is -3.76. The van der Waals surface area contributed by atoms with Crippen LogP contribution >= 0.6 is 0 Å². The average Bonchev–Trinajstić information content (AvgIpc) is 3.41. The third-order valence-corrected chi connectivity index (χ3v) is 6.57. The Morgan fingerprint density at radius 1 is 1.03 bits per heavy atom. The van der Waals surface area contributed by atoms with Gasteiger partial charge < -0.3 is 24.4 Å². The van der Waals surface area contributed by atoms with E-state index >= 15 is 0 Å². The number of carbonyl (C=O) groups is 3. The molecule has 2 aromatic carbocycles. The van der Waals surface area contributed by atoms with E-state index in [0.717, 1.165) is 30.5 Å². The topological polar surface area (TPSA) is 94.2 Å². The van der Waals surface area contributed by atoms with Gasteiger partial charge in [-0.2, -0.15) is 0 Å². The molecule has 0 saturated heterocycles. The van der Waals surface area contributed by atoms with Crippen LogP contribution in [0, 0.1) is 11.8 Å². The zero-order chi connectivity index (χ0) is 24.6. The number of hydrogen-bond donors (Lipinski definition) is 1. The second-order valence-corrected chi connectivity index (χ2v) is 8.85. The fourth-order valence-electron chi connectivity index (χ4n) is 4.94. The molecule has 1 fully saturated rings. The van der Waals surface area contributed by atoms with E-state index in [4.69, 9.17) is 4.74 Å². The summed E-state index contributed by atoms with van der Waals surface area (Å²) in [7, 11) is 0. The molecule has 0 aromatic heterocycles. The van der Waals surface area contributed by atoms with E-state index in [1.165, 1.54) is 18.2 Å². The van der Waals surface area contributed by atoms with Gasteiger partial charge in [-0.1, -0.05) is 31.0 Å². The number of alkyl halides is 2.